The van der Waals surface area contributed by atoms with E-state index < -0.39 is 5.60 Å². The number of hydrogen-bond acceptors (Lipinski definition) is 3. The van der Waals surface area contributed by atoms with E-state index in [-0.39, 0.29) is 24.1 Å². The maximum absolute atomic E-state index is 11.5. The molecule has 2 N–H and O–H groups in total. The average molecular weight is 270 g/mol. The Morgan fingerprint density at radius 3 is 2.42 bits per heavy atom. The molecule has 0 aromatic rings. The van der Waals surface area contributed by atoms with Crippen molar-refractivity contribution >= 4 is 12.0 Å². The summed E-state index contributed by atoms with van der Waals surface area (Å²) in [5.74, 6) is -0.128. The molecular weight excluding hydrogens is 244 g/mol. The Labute approximate surface area is 115 Å². The Bertz CT molecular complexity index is 323. The number of nitrogens with one attached hydrogen (secondary N) is 2. The van der Waals surface area contributed by atoms with Crippen LogP contribution in [0.1, 0.15) is 59.8 Å². The van der Waals surface area contributed by atoms with E-state index in [1.54, 1.807) is 0 Å². The molecule has 5 heteroatoms. The maximum Gasteiger partial charge on any atom is 0.315 e. The highest BCUT2D eigenvalue weighted by Gasteiger charge is 2.26. The third kappa shape index (κ3) is 6.45. The number of hydrogen-bond donors (Lipinski definition) is 2. The lowest BCUT2D eigenvalue weighted by Gasteiger charge is -2.19. The largest absolute Gasteiger partial charge is 0.460 e. The van der Waals surface area contributed by atoms with Gasteiger partial charge in [-0.2, -0.15) is 0 Å². The molecule has 2 amide bonds. The fraction of sp³-hybridized carbons (Fsp3) is 0.857. The van der Waals surface area contributed by atoms with Gasteiger partial charge in [0.05, 0.1) is 6.04 Å². The number of ether oxygens (including phenoxy) is 1. The average Bonchev–Trinajstić information content (AvgIpc) is 2.54. The summed E-state index contributed by atoms with van der Waals surface area (Å²) in [6.07, 6.45) is 4.27. The molecule has 0 aromatic carbocycles. The highest BCUT2D eigenvalue weighted by molar-refractivity contribution is 5.77. The molecule has 110 valence electrons. The van der Waals surface area contributed by atoms with Gasteiger partial charge in [-0.15, -0.1) is 0 Å². The Kier molecular flexibility index (Phi) is 5.63. The number of carbonyl (C=O) groups excluding carboxylic acids is 2. The Morgan fingerprint density at radius 2 is 1.89 bits per heavy atom. The molecule has 19 heavy (non-hydrogen) atoms. The lowest BCUT2D eigenvalue weighted by atomic mass is 10.0. The number of urea groups is 1. The lowest BCUT2D eigenvalue weighted by Crippen LogP contribution is -2.30. The third-order valence-electron chi connectivity index (χ3n) is 3.09. The Balaban J connectivity index is 2.05. The van der Waals surface area contributed by atoms with Gasteiger partial charge in [0.2, 0.25) is 0 Å². The van der Waals surface area contributed by atoms with E-state index in [1.807, 2.05) is 27.7 Å². The molecule has 0 aromatic heterocycles. The van der Waals surface area contributed by atoms with Crippen LogP contribution < -0.4 is 10.6 Å². The van der Waals surface area contributed by atoms with Crippen LogP contribution in [0.15, 0.2) is 0 Å². The van der Waals surface area contributed by atoms with Gasteiger partial charge in [-0.05, 0) is 40.5 Å². The van der Waals surface area contributed by atoms with Gasteiger partial charge in [-0.1, -0.05) is 12.8 Å². The van der Waals surface area contributed by atoms with Gasteiger partial charge in [-0.25, -0.2) is 4.79 Å². The molecule has 5 nitrogen and oxygen atoms in total. The molecular formula is C14H26N2O3. The van der Waals surface area contributed by atoms with Crippen molar-refractivity contribution in [3.8, 4) is 0 Å². The van der Waals surface area contributed by atoms with Crippen LogP contribution in [0.2, 0.25) is 0 Å². The normalized spacial score (nSPS) is 22.8. The second-order valence-electron chi connectivity index (χ2n) is 6.20. The summed E-state index contributed by atoms with van der Waals surface area (Å²) >= 11 is 0. The van der Waals surface area contributed by atoms with Crippen molar-refractivity contribution < 1.29 is 14.3 Å². The summed E-state index contributed by atoms with van der Waals surface area (Å²) < 4.78 is 5.24. The Hall–Kier alpha value is -1.26. The van der Waals surface area contributed by atoms with E-state index in [0.717, 1.165) is 25.7 Å². The van der Waals surface area contributed by atoms with Gasteiger partial charge in [0.1, 0.15) is 5.60 Å². The second-order valence-corrected chi connectivity index (χ2v) is 6.20. The zero-order valence-electron chi connectivity index (χ0n) is 12.4. The van der Waals surface area contributed by atoms with Crippen LogP contribution in [0, 0.1) is 0 Å². The zero-order chi connectivity index (χ0) is 14.5. The van der Waals surface area contributed by atoms with E-state index in [4.69, 9.17) is 4.74 Å². The minimum absolute atomic E-state index is 0.0775. The molecule has 1 rings (SSSR count). The van der Waals surface area contributed by atoms with Gasteiger partial charge >= 0.3 is 12.0 Å². The number of esters is 1. The van der Waals surface area contributed by atoms with Crippen molar-refractivity contribution in [1.82, 2.24) is 10.6 Å². The summed E-state index contributed by atoms with van der Waals surface area (Å²) in [5.41, 5.74) is -0.397. The molecule has 0 saturated carbocycles. The summed E-state index contributed by atoms with van der Waals surface area (Å²) in [4.78, 5) is 22.6. The van der Waals surface area contributed by atoms with Crippen molar-refractivity contribution in [2.75, 3.05) is 0 Å². The smallest absolute Gasteiger partial charge is 0.315 e. The molecule has 1 saturated heterocycles. The SMILES string of the molecule is C[C@@H]1NC(=O)N[C@@H]1CCCCCC(=O)OC(C)(C)C. The summed E-state index contributed by atoms with van der Waals surface area (Å²) in [5, 5.41) is 5.72. The molecule has 1 heterocycles. The first-order valence-corrected chi connectivity index (χ1v) is 7.07. The first-order chi connectivity index (χ1) is 8.78. The minimum atomic E-state index is -0.397. The third-order valence-corrected chi connectivity index (χ3v) is 3.09. The van der Waals surface area contributed by atoms with E-state index >= 15 is 0 Å². The molecule has 0 aliphatic carbocycles. The predicted molar refractivity (Wildman–Crippen MR) is 73.8 cm³/mol. The highest BCUT2D eigenvalue weighted by atomic mass is 16.6. The summed E-state index contributed by atoms with van der Waals surface area (Å²) in [6, 6.07) is 0.332. The number of amides is 2. The zero-order valence-corrected chi connectivity index (χ0v) is 12.4. The van der Waals surface area contributed by atoms with Crippen LogP contribution in [0.3, 0.4) is 0 Å². The van der Waals surface area contributed by atoms with Crippen molar-refractivity contribution in [3.63, 3.8) is 0 Å². The van der Waals surface area contributed by atoms with Crippen LogP contribution >= 0.6 is 0 Å². The molecule has 0 radical (unpaired) electrons. The molecule has 2 atom stereocenters. The van der Waals surface area contributed by atoms with E-state index in [0.29, 0.717) is 6.42 Å². The fourth-order valence-corrected chi connectivity index (χ4v) is 2.17. The van der Waals surface area contributed by atoms with Crippen molar-refractivity contribution in [1.29, 1.82) is 0 Å². The van der Waals surface area contributed by atoms with Crippen LogP contribution in [-0.2, 0) is 9.53 Å². The molecule has 0 unspecified atom stereocenters. The van der Waals surface area contributed by atoms with Gasteiger partial charge < -0.3 is 15.4 Å². The Morgan fingerprint density at radius 1 is 1.21 bits per heavy atom. The molecule has 1 aliphatic rings. The van der Waals surface area contributed by atoms with Crippen molar-refractivity contribution in [2.45, 2.75) is 77.5 Å². The molecule has 0 spiro atoms. The first kappa shape index (κ1) is 15.8. The monoisotopic (exact) mass is 270 g/mol. The molecule has 1 fully saturated rings. The predicted octanol–water partition coefficient (Wildman–Crippen LogP) is 2.35. The number of carbonyl (C=O) groups is 2. The van der Waals surface area contributed by atoms with E-state index in [9.17, 15) is 9.59 Å². The quantitative estimate of drug-likeness (QED) is 0.575. The number of rotatable bonds is 6. The second kappa shape index (κ2) is 6.78. The standard InChI is InChI=1S/C14H26N2O3/c1-10-11(16-13(18)15-10)8-6-5-7-9-12(17)19-14(2,3)4/h10-11H,5-9H2,1-4H3,(H2,15,16,18)/t10-,11+/m0/s1. The lowest BCUT2D eigenvalue weighted by molar-refractivity contribution is -0.154. The van der Waals surface area contributed by atoms with Crippen molar-refractivity contribution in [2.24, 2.45) is 0 Å². The fourth-order valence-electron chi connectivity index (χ4n) is 2.17. The van der Waals surface area contributed by atoms with E-state index in [1.165, 1.54) is 0 Å². The van der Waals surface area contributed by atoms with Crippen LogP contribution in [0.5, 0.6) is 0 Å². The van der Waals surface area contributed by atoms with E-state index in [2.05, 4.69) is 10.6 Å². The highest BCUT2D eigenvalue weighted by Crippen LogP contribution is 2.13. The topological polar surface area (TPSA) is 67.4 Å². The van der Waals surface area contributed by atoms with Crippen LogP contribution in [-0.4, -0.2) is 29.7 Å². The summed E-state index contributed by atoms with van der Waals surface area (Å²) in [6.45, 7) is 7.63. The summed E-state index contributed by atoms with van der Waals surface area (Å²) in [7, 11) is 0. The minimum Gasteiger partial charge on any atom is -0.460 e. The number of unbranched alkanes of at least 4 members (excludes halogenated alkanes) is 2. The van der Waals surface area contributed by atoms with Crippen LogP contribution in [0.25, 0.3) is 0 Å². The van der Waals surface area contributed by atoms with Gasteiger partial charge in [0.25, 0.3) is 0 Å². The molecule has 1 aliphatic heterocycles. The maximum atomic E-state index is 11.5. The van der Waals surface area contributed by atoms with Gasteiger partial charge in [0, 0.05) is 12.5 Å². The molecule has 0 bridgehead atoms. The van der Waals surface area contributed by atoms with Gasteiger partial charge in [0.15, 0.2) is 0 Å². The first-order valence-electron chi connectivity index (χ1n) is 7.07. The van der Waals surface area contributed by atoms with Gasteiger partial charge in [-0.3, -0.25) is 4.79 Å². The van der Waals surface area contributed by atoms with Crippen molar-refractivity contribution in [3.05, 3.63) is 0 Å². The van der Waals surface area contributed by atoms with Crippen LogP contribution in [0.4, 0.5) is 4.79 Å².